The first-order chi connectivity index (χ1) is 10.3. The number of hydrogen-bond acceptors (Lipinski definition) is 1. The fourth-order valence-corrected chi connectivity index (χ4v) is 3.01. The van der Waals surface area contributed by atoms with Gasteiger partial charge in [-0.25, -0.2) is 0 Å². The number of rotatable bonds is 4. The molecule has 0 aromatic heterocycles. The molecule has 0 aliphatic heterocycles. The lowest BCUT2D eigenvalue weighted by Crippen LogP contribution is -2.02. The van der Waals surface area contributed by atoms with E-state index in [2.05, 4.69) is 30.3 Å². The summed E-state index contributed by atoms with van der Waals surface area (Å²) in [6.07, 6.45) is 7.61. The quantitative estimate of drug-likeness (QED) is 0.841. The zero-order chi connectivity index (χ0) is 14.5. The van der Waals surface area contributed by atoms with Gasteiger partial charge in [-0.05, 0) is 47.9 Å². The summed E-state index contributed by atoms with van der Waals surface area (Å²) >= 11 is 0. The monoisotopic (exact) mass is 278 g/mol. The predicted molar refractivity (Wildman–Crippen MR) is 88.0 cm³/mol. The number of allylic oxidation sites excluding steroid dienone is 2. The van der Waals surface area contributed by atoms with E-state index < -0.39 is 6.10 Å². The Morgan fingerprint density at radius 2 is 1.81 bits per heavy atom. The highest BCUT2D eigenvalue weighted by Gasteiger charge is 2.10. The fraction of sp³-hybridized carbons (Fsp3) is 0.300. The van der Waals surface area contributed by atoms with Crippen molar-refractivity contribution in [3.8, 4) is 0 Å². The number of hydrogen-bond donors (Lipinski definition) is 1. The molecule has 21 heavy (non-hydrogen) atoms. The standard InChI is InChI=1S/C20H22O/c21-20(18-11-5-2-6-12-18)15-16-8-7-13-19(14-16)17-9-3-1-4-10-17/h2,5-9,11-14,20-21H,1,3-4,10,15H2. The van der Waals surface area contributed by atoms with Crippen molar-refractivity contribution in [1.29, 1.82) is 0 Å². The Balaban J connectivity index is 1.75. The summed E-state index contributed by atoms with van der Waals surface area (Å²) in [4.78, 5) is 0. The maximum absolute atomic E-state index is 10.4. The first-order valence-corrected chi connectivity index (χ1v) is 7.84. The van der Waals surface area contributed by atoms with Gasteiger partial charge in [-0.2, -0.15) is 0 Å². The maximum Gasteiger partial charge on any atom is 0.0830 e. The van der Waals surface area contributed by atoms with E-state index in [1.807, 2.05) is 30.3 Å². The van der Waals surface area contributed by atoms with Gasteiger partial charge in [0.15, 0.2) is 0 Å². The third-order valence-electron chi connectivity index (χ3n) is 4.20. The molecular weight excluding hydrogens is 256 g/mol. The summed E-state index contributed by atoms with van der Waals surface area (Å²) in [7, 11) is 0. The highest BCUT2D eigenvalue weighted by atomic mass is 16.3. The Kier molecular flexibility index (Phi) is 4.52. The van der Waals surface area contributed by atoms with E-state index in [1.165, 1.54) is 42.4 Å². The second-order valence-electron chi connectivity index (χ2n) is 5.81. The third-order valence-corrected chi connectivity index (χ3v) is 4.20. The normalized spacial score (nSPS) is 16.3. The summed E-state index contributed by atoms with van der Waals surface area (Å²) in [5.41, 5.74) is 4.99. The molecule has 0 fully saturated rings. The van der Waals surface area contributed by atoms with Crippen molar-refractivity contribution in [2.45, 2.75) is 38.2 Å². The van der Waals surface area contributed by atoms with E-state index in [1.54, 1.807) is 0 Å². The molecular formula is C20H22O. The van der Waals surface area contributed by atoms with Crippen LogP contribution in [0.1, 0.15) is 48.5 Å². The maximum atomic E-state index is 10.4. The van der Waals surface area contributed by atoms with Crippen LogP contribution >= 0.6 is 0 Å². The van der Waals surface area contributed by atoms with Gasteiger partial charge in [0.1, 0.15) is 0 Å². The average Bonchev–Trinajstić information content (AvgIpc) is 2.57. The molecule has 0 spiro atoms. The highest BCUT2D eigenvalue weighted by molar-refractivity contribution is 5.66. The molecule has 1 N–H and O–H groups in total. The van der Waals surface area contributed by atoms with Crippen molar-refractivity contribution in [1.82, 2.24) is 0 Å². The number of aliphatic hydroxyl groups excluding tert-OH is 1. The Bertz CT molecular complexity index is 613. The van der Waals surface area contributed by atoms with Gasteiger partial charge >= 0.3 is 0 Å². The zero-order valence-corrected chi connectivity index (χ0v) is 12.3. The molecule has 1 heteroatoms. The van der Waals surface area contributed by atoms with Gasteiger partial charge in [0.2, 0.25) is 0 Å². The molecule has 0 saturated carbocycles. The second-order valence-corrected chi connectivity index (χ2v) is 5.81. The van der Waals surface area contributed by atoms with E-state index in [4.69, 9.17) is 0 Å². The molecule has 108 valence electrons. The van der Waals surface area contributed by atoms with Crippen LogP contribution in [0.25, 0.3) is 5.57 Å². The van der Waals surface area contributed by atoms with Crippen LogP contribution < -0.4 is 0 Å². The molecule has 0 radical (unpaired) electrons. The van der Waals surface area contributed by atoms with Crippen LogP contribution in [0.3, 0.4) is 0 Å². The van der Waals surface area contributed by atoms with Crippen LogP contribution in [0.15, 0.2) is 60.7 Å². The van der Waals surface area contributed by atoms with Crippen LogP contribution in [0, 0.1) is 0 Å². The van der Waals surface area contributed by atoms with Gasteiger partial charge < -0.3 is 5.11 Å². The van der Waals surface area contributed by atoms with Crippen molar-refractivity contribution in [3.63, 3.8) is 0 Å². The topological polar surface area (TPSA) is 20.2 Å². The summed E-state index contributed by atoms with van der Waals surface area (Å²) in [6, 6.07) is 18.5. The van der Waals surface area contributed by atoms with Gasteiger partial charge in [0, 0.05) is 6.42 Å². The smallest absolute Gasteiger partial charge is 0.0830 e. The highest BCUT2D eigenvalue weighted by Crippen LogP contribution is 2.28. The summed E-state index contributed by atoms with van der Waals surface area (Å²) in [6.45, 7) is 0. The number of benzene rings is 2. The second kappa shape index (κ2) is 6.73. The molecule has 0 heterocycles. The van der Waals surface area contributed by atoms with Crippen LogP contribution in [-0.4, -0.2) is 5.11 Å². The van der Waals surface area contributed by atoms with Gasteiger partial charge in [-0.15, -0.1) is 0 Å². The van der Waals surface area contributed by atoms with E-state index >= 15 is 0 Å². The molecule has 2 aromatic carbocycles. The molecule has 2 aromatic rings. The molecule has 1 aliphatic carbocycles. The van der Waals surface area contributed by atoms with E-state index in [9.17, 15) is 5.11 Å². The predicted octanol–water partition coefficient (Wildman–Crippen LogP) is 4.92. The summed E-state index contributed by atoms with van der Waals surface area (Å²) in [5, 5.41) is 10.4. The Morgan fingerprint density at radius 3 is 2.57 bits per heavy atom. The zero-order valence-electron chi connectivity index (χ0n) is 12.3. The Hall–Kier alpha value is -1.86. The molecule has 3 rings (SSSR count). The lowest BCUT2D eigenvalue weighted by molar-refractivity contribution is 0.178. The minimum absolute atomic E-state index is 0.429. The average molecular weight is 278 g/mol. The van der Waals surface area contributed by atoms with Crippen LogP contribution in [0.4, 0.5) is 0 Å². The van der Waals surface area contributed by atoms with E-state index in [0.717, 1.165) is 5.56 Å². The lowest BCUT2D eigenvalue weighted by atomic mass is 9.91. The molecule has 0 bridgehead atoms. The Morgan fingerprint density at radius 1 is 0.952 bits per heavy atom. The van der Waals surface area contributed by atoms with Gasteiger partial charge in [-0.1, -0.05) is 60.7 Å². The minimum atomic E-state index is -0.429. The largest absolute Gasteiger partial charge is 0.388 e. The SMILES string of the molecule is OC(Cc1cccc(C2=CCCCC2)c1)c1ccccc1. The lowest BCUT2D eigenvalue weighted by Gasteiger charge is -2.15. The molecule has 0 amide bonds. The van der Waals surface area contributed by atoms with Crippen molar-refractivity contribution in [3.05, 3.63) is 77.4 Å². The van der Waals surface area contributed by atoms with Crippen molar-refractivity contribution in [2.24, 2.45) is 0 Å². The van der Waals surface area contributed by atoms with Crippen LogP contribution in [0.2, 0.25) is 0 Å². The molecule has 0 saturated heterocycles. The first-order valence-electron chi connectivity index (χ1n) is 7.84. The molecule has 1 unspecified atom stereocenters. The van der Waals surface area contributed by atoms with E-state index in [0.29, 0.717) is 6.42 Å². The number of aliphatic hydroxyl groups is 1. The first kappa shape index (κ1) is 14.1. The van der Waals surface area contributed by atoms with Crippen LogP contribution in [-0.2, 0) is 6.42 Å². The molecule has 1 atom stereocenters. The Labute approximate surface area is 127 Å². The minimum Gasteiger partial charge on any atom is -0.388 e. The molecule has 1 nitrogen and oxygen atoms in total. The van der Waals surface area contributed by atoms with Gasteiger partial charge in [0.25, 0.3) is 0 Å². The van der Waals surface area contributed by atoms with Crippen molar-refractivity contribution < 1.29 is 5.11 Å². The van der Waals surface area contributed by atoms with E-state index in [-0.39, 0.29) is 0 Å². The van der Waals surface area contributed by atoms with Crippen LogP contribution in [0.5, 0.6) is 0 Å². The van der Waals surface area contributed by atoms with Gasteiger partial charge in [0.05, 0.1) is 6.10 Å². The van der Waals surface area contributed by atoms with Crippen molar-refractivity contribution >= 4 is 5.57 Å². The van der Waals surface area contributed by atoms with Gasteiger partial charge in [-0.3, -0.25) is 0 Å². The third kappa shape index (κ3) is 3.62. The molecule has 1 aliphatic rings. The summed E-state index contributed by atoms with van der Waals surface area (Å²) in [5.74, 6) is 0. The summed E-state index contributed by atoms with van der Waals surface area (Å²) < 4.78 is 0. The van der Waals surface area contributed by atoms with Crippen molar-refractivity contribution in [2.75, 3.05) is 0 Å². The fourth-order valence-electron chi connectivity index (χ4n) is 3.01.